The van der Waals surface area contributed by atoms with Crippen molar-refractivity contribution in [3.8, 4) is 0 Å². The van der Waals surface area contributed by atoms with Crippen LogP contribution in [0.5, 0.6) is 0 Å². The third kappa shape index (κ3) is 3.06. The summed E-state index contributed by atoms with van der Waals surface area (Å²) in [6, 6.07) is 14.2. The second kappa shape index (κ2) is 6.24. The Kier molecular flexibility index (Phi) is 4.18. The zero-order valence-corrected chi connectivity index (χ0v) is 11.9. The minimum absolute atomic E-state index is 0.0381. The first-order valence-electron chi connectivity index (χ1n) is 7.35. The molecule has 0 aliphatic carbocycles. The van der Waals surface area contributed by atoms with Crippen LogP contribution in [-0.4, -0.2) is 25.7 Å². The van der Waals surface area contributed by atoms with Gasteiger partial charge < -0.3 is 15.8 Å². The first-order valence-corrected chi connectivity index (χ1v) is 7.35. The third-order valence-corrected chi connectivity index (χ3v) is 4.03. The quantitative estimate of drug-likeness (QED) is 0.902. The molecule has 3 rings (SSSR count). The lowest BCUT2D eigenvalue weighted by Crippen LogP contribution is -2.37. The number of ether oxygens (including phenoxy) is 1. The molecule has 21 heavy (non-hydrogen) atoms. The van der Waals surface area contributed by atoms with Crippen molar-refractivity contribution in [2.24, 2.45) is 11.7 Å². The second-order valence-electron chi connectivity index (χ2n) is 5.46. The number of fused-ring (bicyclic) bond motifs is 1. The molecule has 2 aromatic carbocycles. The number of amides is 1. The summed E-state index contributed by atoms with van der Waals surface area (Å²) in [7, 11) is 0. The van der Waals surface area contributed by atoms with Gasteiger partial charge in [0.15, 0.2) is 0 Å². The first-order chi connectivity index (χ1) is 10.3. The Morgan fingerprint density at radius 3 is 2.81 bits per heavy atom. The maximum absolute atomic E-state index is 12.2. The van der Waals surface area contributed by atoms with E-state index >= 15 is 0 Å². The molecule has 1 fully saturated rings. The van der Waals surface area contributed by atoms with Crippen LogP contribution < -0.4 is 11.1 Å². The molecule has 4 nitrogen and oxygen atoms in total. The molecule has 0 saturated carbocycles. The molecule has 0 bridgehead atoms. The SMILES string of the molecule is NCC(NC(=O)C1CCOC1)c1ccc2ccccc2c1. The Labute approximate surface area is 124 Å². The summed E-state index contributed by atoms with van der Waals surface area (Å²) in [6.45, 7) is 1.57. The molecule has 2 unspecified atom stereocenters. The Bertz CT molecular complexity index is 635. The van der Waals surface area contributed by atoms with Gasteiger partial charge in [0.2, 0.25) is 5.91 Å². The molecule has 1 amide bonds. The molecule has 2 atom stereocenters. The molecule has 4 heteroatoms. The predicted molar refractivity (Wildman–Crippen MR) is 82.8 cm³/mol. The molecular weight excluding hydrogens is 264 g/mol. The summed E-state index contributed by atoms with van der Waals surface area (Å²) in [4.78, 5) is 12.2. The van der Waals surface area contributed by atoms with E-state index in [1.54, 1.807) is 0 Å². The normalized spacial score (nSPS) is 19.6. The minimum atomic E-state index is -0.150. The third-order valence-electron chi connectivity index (χ3n) is 4.03. The number of hydrogen-bond acceptors (Lipinski definition) is 3. The molecule has 0 aromatic heterocycles. The van der Waals surface area contributed by atoms with Gasteiger partial charge in [-0.05, 0) is 28.8 Å². The Morgan fingerprint density at radius 1 is 1.29 bits per heavy atom. The van der Waals surface area contributed by atoms with Crippen LogP contribution in [-0.2, 0) is 9.53 Å². The van der Waals surface area contributed by atoms with Crippen molar-refractivity contribution in [3.63, 3.8) is 0 Å². The summed E-state index contributed by atoms with van der Waals surface area (Å²) in [5.74, 6) is -0.00406. The van der Waals surface area contributed by atoms with Gasteiger partial charge in [0, 0.05) is 13.2 Å². The zero-order valence-electron chi connectivity index (χ0n) is 11.9. The molecule has 3 N–H and O–H groups in total. The number of hydrogen-bond donors (Lipinski definition) is 2. The van der Waals surface area contributed by atoms with Crippen molar-refractivity contribution in [1.82, 2.24) is 5.32 Å². The lowest BCUT2D eigenvalue weighted by Gasteiger charge is -2.19. The van der Waals surface area contributed by atoms with Crippen molar-refractivity contribution >= 4 is 16.7 Å². The number of carbonyl (C=O) groups is 1. The van der Waals surface area contributed by atoms with Crippen molar-refractivity contribution in [3.05, 3.63) is 48.0 Å². The van der Waals surface area contributed by atoms with Gasteiger partial charge in [0.05, 0.1) is 18.6 Å². The second-order valence-corrected chi connectivity index (χ2v) is 5.46. The maximum atomic E-state index is 12.2. The fraction of sp³-hybridized carbons (Fsp3) is 0.353. The molecule has 1 saturated heterocycles. The Hall–Kier alpha value is -1.91. The molecule has 2 aromatic rings. The maximum Gasteiger partial charge on any atom is 0.226 e. The molecule has 110 valence electrons. The highest BCUT2D eigenvalue weighted by molar-refractivity contribution is 5.84. The highest BCUT2D eigenvalue weighted by atomic mass is 16.5. The smallest absolute Gasteiger partial charge is 0.226 e. The van der Waals surface area contributed by atoms with Gasteiger partial charge in [-0.15, -0.1) is 0 Å². The number of benzene rings is 2. The van der Waals surface area contributed by atoms with Crippen LogP contribution in [0.3, 0.4) is 0 Å². The van der Waals surface area contributed by atoms with E-state index in [0.29, 0.717) is 19.8 Å². The van der Waals surface area contributed by atoms with Gasteiger partial charge in [-0.25, -0.2) is 0 Å². The van der Waals surface area contributed by atoms with E-state index < -0.39 is 0 Å². The van der Waals surface area contributed by atoms with E-state index in [4.69, 9.17) is 10.5 Å². The van der Waals surface area contributed by atoms with Crippen LogP contribution in [0.1, 0.15) is 18.0 Å². The van der Waals surface area contributed by atoms with E-state index in [-0.39, 0.29) is 17.9 Å². The van der Waals surface area contributed by atoms with E-state index in [9.17, 15) is 4.79 Å². The summed E-state index contributed by atoms with van der Waals surface area (Å²) in [5.41, 5.74) is 6.89. The summed E-state index contributed by atoms with van der Waals surface area (Å²) in [5, 5.41) is 5.39. The highest BCUT2D eigenvalue weighted by Gasteiger charge is 2.25. The number of carbonyl (C=O) groups excluding carboxylic acids is 1. The average Bonchev–Trinajstić information content (AvgIpc) is 3.06. The van der Waals surface area contributed by atoms with E-state index in [1.807, 2.05) is 18.2 Å². The molecular formula is C17H20N2O2. The average molecular weight is 284 g/mol. The van der Waals surface area contributed by atoms with E-state index in [2.05, 4.69) is 29.6 Å². The Balaban J connectivity index is 1.78. The number of nitrogens with two attached hydrogens (primary N) is 1. The van der Waals surface area contributed by atoms with Crippen LogP contribution in [0.15, 0.2) is 42.5 Å². The van der Waals surface area contributed by atoms with E-state index in [1.165, 1.54) is 5.39 Å². The highest BCUT2D eigenvalue weighted by Crippen LogP contribution is 2.21. The van der Waals surface area contributed by atoms with E-state index in [0.717, 1.165) is 17.4 Å². The predicted octanol–water partition coefficient (Wildman–Crippen LogP) is 1.99. The lowest BCUT2D eigenvalue weighted by molar-refractivity contribution is -0.125. The fourth-order valence-corrected chi connectivity index (χ4v) is 2.73. The van der Waals surface area contributed by atoms with Crippen molar-refractivity contribution in [1.29, 1.82) is 0 Å². The van der Waals surface area contributed by atoms with Crippen LogP contribution in [0.2, 0.25) is 0 Å². The van der Waals surface area contributed by atoms with Gasteiger partial charge in [0.25, 0.3) is 0 Å². The Morgan fingerprint density at radius 2 is 2.10 bits per heavy atom. The standard InChI is InChI=1S/C17H20N2O2/c18-10-16(19-17(20)15-7-8-21-11-15)14-6-5-12-3-1-2-4-13(12)9-14/h1-6,9,15-16H,7-8,10-11,18H2,(H,19,20). The molecule has 1 heterocycles. The summed E-state index contributed by atoms with van der Waals surface area (Å²) >= 11 is 0. The lowest BCUT2D eigenvalue weighted by atomic mass is 10.0. The first kappa shape index (κ1) is 14.0. The summed E-state index contributed by atoms with van der Waals surface area (Å²) < 4.78 is 5.26. The zero-order chi connectivity index (χ0) is 14.7. The summed E-state index contributed by atoms with van der Waals surface area (Å²) in [6.07, 6.45) is 0.793. The van der Waals surface area contributed by atoms with Crippen molar-refractivity contribution in [2.45, 2.75) is 12.5 Å². The topological polar surface area (TPSA) is 64.3 Å². The van der Waals surface area contributed by atoms with Crippen LogP contribution in [0.25, 0.3) is 10.8 Å². The largest absolute Gasteiger partial charge is 0.381 e. The monoisotopic (exact) mass is 284 g/mol. The van der Waals surface area contributed by atoms with Crippen LogP contribution in [0, 0.1) is 5.92 Å². The van der Waals surface area contributed by atoms with Gasteiger partial charge in [-0.3, -0.25) is 4.79 Å². The van der Waals surface area contributed by atoms with Crippen LogP contribution >= 0.6 is 0 Å². The number of nitrogens with one attached hydrogen (secondary N) is 1. The van der Waals surface area contributed by atoms with Crippen molar-refractivity contribution < 1.29 is 9.53 Å². The van der Waals surface area contributed by atoms with Gasteiger partial charge in [0.1, 0.15) is 0 Å². The molecule has 0 spiro atoms. The van der Waals surface area contributed by atoms with Gasteiger partial charge >= 0.3 is 0 Å². The number of rotatable bonds is 4. The molecule has 1 aliphatic heterocycles. The fourth-order valence-electron chi connectivity index (χ4n) is 2.73. The van der Waals surface area contributed by atoms with Crippen molar-refractivity contribution in [2.75, 3.05) is 19.8 Å². The molecule has 1 aliphatic rings. The minimum Gasteiger partial charge on any atom is -0.381 e. The molecule has 0 radical (unpaired) electrons. The van der Waals surface area contributed by atoms with Gasteiger partial charge in [-0.1, -0.05) is 36.4 Å². The van der Waals surface area contributed by atoms with Crippen LogP contribution in [0.4, 0.5) is 0 Å². The van der Waals surface area contributed by atoms with Gasteiger partial charge in [-0.2, -0.15) is 0 Å².